The zero-order valence-corrected chi connectivity index (χ0v) is 21.0. The van der Waals surface area contributed by atoms with Crippen LogP contribution in [0.2, 0.25) is 13.1 Å². The zero-order valence-electron chi connectivity index (χ0n) is 17.5. The Morgan fingerprint density at radius 3 is 1.00 bits per heavy atom. The summed E-state index contributed by atoms with van der Waals surface area (Å²) in [6, 6.07) is 20.7. The van der Waals surface area contributed by atoms with Crippen LogP contribution < -0.4 is 0 Å². The van der Waals surface area contributed by atoms with Crippen LogP contribution in [0.25, 0.3) is 0 Å². The summed E-state index contributed by atoms with van der Waals surface area (Å²) >= 11 is 0. The standard InChI is InChI=1S/C18H16Si.2C5H5.Zr/c1-19(2)17(13-15-9-5-3-6-10-15)18(19)14-16-11-7-4-8-12-16;2*1-2-4-5-3-1;/h3-12H,1-2H3;2*1-5H;/q-2;;;+2. The first-order valence-electron chi connectivity index (χ1n) is 9.90. The van der Waals surface area contributed by atoms with Crippen molar-refractivity contribution in [3.8, 4) is 0 Å². The van der Waals surface area contributed by atoms with E-state index < -0.39 is 8.07 Å². The van der Waals surface area contributed by atoms with E-state index in [1.807, 2.05) is 76.3 Å². The van der Waals surface area contributed by atoms with Crippen molar-refractivity contribution in [1.82, 2.24) is 0 Å². The zero-order chi connectivity index (χ0) is 20.4. The summed E-state index contributed by atoms with van der Waals surface area (Å²) in [5.74, 6) is 0. The van der Waals surface area contributed by atoms with Crippen LogP contribution in [0.15, 0.2) is 71.1 Å². The maximum Gasteiger partial charge on any atom is 2.00 e. The second kappa shape index (κ2) is 13.4. The monoisotopic (exact) mass is 480 g/mol. The summed E-state index contributed by atoms with van der Waals surface area (Å²) in [5.41, 5.74) is 2.34. The van der Waals surface area contributed by atoms with E-state index >= 15 is 0 Å². The molecule has 0 N–H and O–H groups in total. The Morgan fingerprint density at radius 2 is 0.733 bits per heavy atom. The second-order valence-corrected chi connectivity index (χ2v) is 11.5. The summed E-state index contributed by atoms with van der Waals surface area (Å²) in [4.78, 5) is 0. The minimum Gasteiger partial charge on any atom is -0.212 e. The Bertz CT molecular complexity index is 699. The van der Waals surface area contributed by atoms with Gasteiger partial charge in [-0.15, -0.1) is 48.5 Å². The van der Waals surface area contributed by atoms with Crippen molar-refractivity contribution >= 4 is 8.07 Å². The molecular formula is C28H26SiZr. The van der Waals surface area contributed by atoms with Gasteiger partial charge in [0, 0.05) is 0 Å². The average molecular weight is 482 g/mol. The third kappa shape index (κ3) is 8.27. The molecule has 3 aliphatic rings. The van der Waals surface area contributed by atoms with Gasteiger partial charge in [-0.1, -0.05) is 25.2 Å². The third-order valence-electron chi connectivity index (χ3n) is 4.63. The van der Waals surface area contributed by atoms with Gasteiger partial charge in [-0.3, -0.25) is 0 Å². The van der Waals surface area contributed by atoms with Crippen LogP contribution in [-0.4, -0.2) is 8.07 Å². The Morgan fingerprint density at radius 1 is 0.467 bits per heavy atom. The van der Waals surface area contributed by atoms with Gasteiger partial charge in [0.05, 0.1) is 0 Å². The summed E-state index contributed by atoms with van der Waals surface area (Å²) in [6.45, 7) is 4.73. The van der Waals surface area contributed by atoms with Crippen LogP contribution >= 0.6 is 0 Å². The molecule has 1 heterocycles. The van der Waals surface area contributed by atoms with Crippen LogP contribution in [0.5, 0.6) is 0 Å². The topological polar surface area (TPSA) is 0 Å². The minimum atomic E-state index is -1.37. The number of hydrogen-bond donors (Lipinski definition) is 0. The van der Waals surface area contributed by atoms with Gasteiger partial charge in [0.1, 0.15) is 0 Å². The number of rotatable bonds is 2. The predicted molar refractivity (Wildman–Crippen MR) is 125 cm³/mol. The van der Waals surface area contributed by atoms with E-state index in [1.165, 1.54) is 21.5 Å². The normalized spacial score (nSPS) is 21.1. The molecule has 0 nitrogen and oxygen atoms in total. The van der Waals surface area contributed by atoms with Crippen LogP contribution in [0.3, 0.4) is 0 Å². The SMILES string of the molecule is C[Si]1(C)C(=[C-]c2ccccc2)C1=[C-]c1ccccc1.[CH]1[CH][CH][CH][CH]1.[CH]1[CH][CH][CH][CH]1.[Zr+2]. The molecule has 0 bridgehead atoms. The second-order valence-electron chi connectivity index (χ2n) is 7.28. The summed E-state index contributed by atoms with van der Waals surface area (Å²) < 4.78 is 0. The van der Waals surface area contributed by atoms with Gasteiger partial charge in [-0.2, -0.15) is 23.3 Å². The van der Waals surface area contributed by atoms with Gasteiger partial charge >= 0.3 is 26.2 Å². The molecule has 10 radical (unpaired) electrons. The van der Waals surface area contributed by atoms with Gasteiger partial charge in [-0.05, 0) is 72.3 Å². The molecule has 1 saturated heterocycles. The van der Waals surface area contributed by atoms with Crippen LogP contribution in [0.1, 0.15) is 11.1 Å². The van der Waals surface area contributed by atoms with Crippen molar-refractivity contribution < 1.29 is 26.2 Å². The van der Waals surface area contributed by atoms with E-state index in [2.05, 4.69) is 73.8 Å². The summed E-state index contributed by atoms with van der Waals surface area (Å²) in [7, 11) is -1.37. The molecule has 30 heavy (non-hydrogen) atoms. The average Bonchev–Trinajstić information content (AvgIpc) is 3.36. The van der Waals surface area contributed by atoms with Crippen LogP contribution in [-0.2, 0) is 26.2 Å². The maximum absolute atomic E-state index is 3.56. The molecule has 0 unspecified atom stereocenters. The molecular weight excluding hydrogens is 456 g/mol. The molecule has 5 rings (SSSR count). The first kappa shape index (κ1) is 25.3. The first-order valence-corrected chi connectivity index (χ1v) is 12.9. The molecule has 2 aromatic rings. The summed E-state index contributed by atoms with van der Waals surface area (Å²) in [5, 5.41) is 2.81. The predicted octanol–water partition coefficient (Wildman–Crippen LogP) is 6.38. The van der Waals surface area contributed by atoms with Gasteiger partial charge in [0.2, 0.25) is 0 Å². The van der Waals surface area contributed by atoms with Gasteiger partial charge in [0.15, 0.2) is 0 Å². The van der Waals surface area contributed by atoms with Gasteiger partial charge < -0.3 is 0 Å². The van der Waals surface area contributed by atoms with Crippen molar-refractivity contribution in [1.29, 1.82) is 0 Å². The van der Waals surface area contributed by atoms with E-state index in [-0.39, 0.29) is 26.2 Å². The number of allylic oxidation sites excluding steroid dienone is 2. The van der Waals surface area contributed by atoms with E-state index in [0.29, 0.717) is 0 Å². The molecule has 0 atom stereocenters. The largest absolute Gasteiger partial charge is 2.00 e. The molecule has 0 aromatic heterocycles. The van der Waals surface area contributed by atoms with Crippen LogP contribution in [0.4, 0.5) is 0 Å². The van der Waals surface area contributed by atoms with E-state index in [9.17, 15) is 0 Å². The van der Waals surface area contributed by atoms with Crippen molar-refractivity contribution in [3.63, 3.8) is 0 Å². The number of benzene rings is 2. The van der Waals surface area contributed by atoms with Gasteiger partial charge in [-0.25, -0.2) is 10.4 Å². The first-order chi connectivity index (χ1) is 14.2. The molecule has 0 spiro atoms. The smallest absolute Gasteiger partial charge is 0.212 e. The molecule has 2 heteroatoms. The molecule has 2 aliphatic carbocycles. The number of hydrogen-bond acceptors (Lipinski definition) is 0. The Kier molecular flexibility index (Phi) is 11.3. The fourth-order valence-electron chi connectivity index (χ4n) is 2.88. The molecule has 3 fully saturated rings. The van der Waals surface area contributed by atoms with Crippen molar-refractivity contribution in [2.75, 3.05) is 0 Å². The van der Waals surface area contributed by atoms with E-state index in [1.54, 1.807) is 0 Å². The Balaban J connectivity index is 0.000000239. The molecule has 1 aliphatic heterocycles. The molecule has 2 aromatic carbocycles. The Labute approximate surface area is 205 Å². The minimum absolute atomic E-state index is 0. The molecule has 2 saturated carbocycles. The fourth-order valence-corrected chi connectivity index (χ4v) is 5.61. The van der Waals surface area contributed by atoms with E-state index in [4.69, 9.17) is 0 Å². The molecule has 0 amide bonds. The van der Waals surface area contributed by atoms with Crippen molar-refractivity contribution in [3.05, 3.63) is 159 Å². The van der Waals surface area contributed by atoms with Crippen LogP contribution in [0, 0.1) is 76.4 Å². The third-order valence-corrected chi connectivity index (χ3v) is 7.63. The fraction of sp³-hybridized carbons (Fsp3) is 0.0714. The molecule has 146 valence electrons. The quantitative estimate of drug-likeness (QED) is 0.345. The summed E-state index contributed by atoms with van der Waals surface area (Å²) in [6.07, 6.45) is 27.1. The van der Waals surface area contributed by atoms with Crippen molar-refractivity contribution in [2.45, 2.75) is 13.1 Å². The van der Waals surface area contributed by atoms with E-state index in [0.717, 1.165) is 0 Å². The van der Waals surface area contributed by atoms with Gasteiger partial charge in [0.25, 0.3) is 0 Å². The van der Waals surface area contributed by atoms with Crippen molar-refractivity contribution in [2.24, 2.45) is 0 Å². The Hall–Kier alpha value is -0.980. The maximum atomic E-state index is 3.56.